The van der Waals surface area contributed by atoms with Crippen molar-refractivity contribution in [2.45, 2.75) is 18.9 Å². The third kappa shape index (κ3) is 3.33. The second-order valence-electron chi connectivity index (χ2n) is 5.75. The molecule has 106 valence electrons. The molecule has 2 aliphatic rings. The monoisotopic (exact) mass is 280 g/mol. The number of thioether (sulfide) groups is 1. The summed E-state index contributed by atoms with van der Waals surface area (Å²) < 4.78 is 1.93. The first kappa shape index (κ1) is 13.5. The predicted molar refractivity (Wildman–Crippen MR) is 80.4 cm³/mol. The van der Waals surface area contributed by atoms with Gasteiger partial charge in [-0.15, -0.1) is 0 Å². The zero-order chi connectivity index (χ0) is 13.1. The van der Waals surface area contributed by atoms with Crippen molar-refractivity contribution in [2.24, 2.45) is 13.0 Å². The van der Waals surface area contributed by atoms with E-state index < -0.39 is 0 Å². The highest BCUT2D eigenvalue weighted by Gasteiger charge is 2.27. The van der Waals surface area contributed by atoms with Gasteiger partial charge in [0.1, 0.15) is 0 Å². The van der Waals surface area contributed by atoms with Crippen molar-refractivity contribution in [3.63, 3.8) is 0 Å². The number of piperidine rings is 1. The van der Waals surface area contributed by atoms with Gasteiger partial charge < -0.3 is 5.32 Å². The molecule has 0 spiro atoms. The van der Waals surface area contributed by atoms with E-state index in [1.165, 1.54) is 56.1 Å². The molecule has 2 atom stereocenters. The van der Waals surface area contributed by atoms with Crippen molar-refractivity contribution in [3.05, 3.63) is 18.0 Å². The number of hydrogen-bond donors (Lipinski definition) is 1. The summed E-state index contributed by atoms with van der Waals surface area (Å²) in [6, 6.07) is 0.564. The van der Waals surface area contributed by atoms with Crippen LogP contribution in [0.15, 0.2) is 12.4 Å². The lowest BCUT2D eigenvalue weighted by molar-refractivity contribution is 0.170. The van der Waals surface area contributed by atoms with Crippen molar-refractivity contribution in [3.8, 4) is 0 Å². The van der Waals surface area contributed by atoms with Crippen molar-refractivity contribution in [1.82, 2.24) is 20.0 Å². The molecule has 0 radical (unpaired) electrons. The fourth-order valence-corrected chi connectivity index (χ4v) is 4.34. The molecule has 0 amide bonds. The average molecular weight is 280 g/mol. The third-order valence-electron chi connectivity index (χ3n) is 4.24. The number of aryl methyl sites for hydroxylation is 1. The minimum atomic E-state index is 0.564. The molecule has 3 rings (SSSR count). The predicted octanol–water partition coefficient (Wildman–Crippen LogP) is 1.51. The van der Waals surface area contributed by atoms with Gasteiger partial charge in [-0.2, -0.15) is 16.9 Å². The lowest BCUT2D eigenvalue weighted by Gasteiger charge is -2.38. The van der Waals surface area contributed by atoms with Crippen molar-refractivity contribution in [2.75, 3.05) is 37.7 Å². The van der Waals surface area contributed by atoms with E-state index in [1.807, 2.05) is 17.9 Å². The van der Waals surface area contributed by atoms with Crippen LogP contribution in [0, 0.1) is 5.92 Å². The highest BCUT2D eigenvalue weighted by Crippen LogP contribution is 2.30. The van der Waals surface area contributed by atoms with Gasteiger partial charge in [0.15, 0.2) is 0 Å². The van der Waals surface area contributed by atoms with E-state index >= 15 is 0 Å². The Balaban J connectivity index is 1.66. The van der Waals surface area contributed by atoms with E-state index in [2.05, 4.69) is 33.3 Å². The van der Waals surface area contributed by atoms with Gasteiger partial charge in [0.2, 0.25) is 0 Å². The minimum absolute atomic E-state index is 0.564. The molecule has 2 saturated heterocycles. The first-order chi connectivity index (χ1) is 9.33. The van der Waals surface area contributed by atoms with Crippen LogP contribution in [-0.4, -0.2) is 52.4 Å². The normalized spacial score (nSPS) is 29.5. The smallest absolute Gasteiger partial charge is 0.0537 e. The van der Waals surface area contributed by atoms with Crippen LogP contribution in [0.1, 0.15) is 24.4 Å². The van der Waals surface area contributed by atoms with Crippen LogP contribution in [0.5, 0.6) is 0 Å². The van der Waals surface area contributed by atoms with Crippen molar-refractivity contribution >= 4 is 11.8 Å². The maximum atomic E-state index is 4.34. The zero-order valence-corrected chi connectivity index (χ0v) is 12.5. The minimum Gasteiger partial charge on any atom is -0.316 e. The summed E-state index contributed by atoms with van der Waals surface area (Å²) in [5.41, 5.74) is 1.39. The Bertz CT molecular complexity index is 400. The Morgan fingerprint density at radius 1 is 1.53 bits per heavy atom. The fraction of sp³-hybridized carbons (Fsp3) is 0.786. The largest absolute Gasteiger partial charge is 0.316 e. The molecule has 2 unspecified atom stereocenters. The molecule has 0 saturated carbocycles. The first-order valence-corrected chi connectivity index (χ1v) is 8.49. The van der Waals surface area contributed by atoms with Crippen LogP contribution in [0.2, 0.25) is 0 Å². The van der Waals surface area contributed by atoms with E-state index in [9.17, 15) is 0 Å². The Hall–Kier alpha value is -0.520. The van der Waals surface area contributed by atoms with Crippen molar-refractivity contribution in [1.29, 1.82) is 0 Å². The summed E-state index contributed by atoms with van der Waals surface area (Å²) in [7, 11) is 2.01. The summed E-state index contributed by atoms with van der Waals surface area (Å²) in [5.74, 6) is 3.32. The van der Waals surface area contributed by atoms with E-state index in [4.69, 9.17) is 0 Å². The Morgan fingerprint density at radius 2 is 2.47 bits per heavy atom. The summed E-state index contributed by atoms with van der Waals surface area (Å²) >= 11 is 2.08. The van der Waals surface area contributed by atoms with E-state index in [-0.39, 0.29) is 0 Å². The Morgan fingerprint density at radius 3 is 3.21 bits per heavy atom. The molecule has 0 aliphatic carbocycles. The number of nitrogens with one attached hydrogen (secondary N) is 1. The highest BCUT2D eigenvalue weighted by atomic mass is 32.2. The molecule has 3 heterocycles. The number of aromatic nitrogens is 2. The quantitative estimate of drug-likeness (QED) is 0.910. The molecular formula is C14H24N4S. The summed E-state index contributed by atoms with van der Waals surface area (Å²) in [4.78, 5) is 2.69. The average Bonchev–Trinajstić information content (AvgIpc) is 2.87. The second-order valence-corrected chi connectivity index (χ2v) is 6.90. The third-order valence-corrected chi connectivity index (χ3v) is 5.26. The van der Waals surface area contributed by atoms with E-state index in [0.717, 1.165) is 5.92 Å². The lowest BCUT2D eigenvalue weighted by atomic mass is 9.98. The topological polar surface area (TPSA) is 33.1 Å². The van der Waals surface area contributed by atoms with Crippen LogP contribution in [-0.2, 0) is 7.05 Å². The molecule has 1 aromatic rings. The Labute approximate surface area is 119 Å². The molecule has 4 nitrogen and oxygen atoms in total. The molecule has 2 aliphatic heterocycles. The molecule has 1 aromatic heterocycles. The lowest BCUT2D eigenvalue weighted by Crippen LogP contribution is -2.43. The van der Waals surface area contributed by atoms with Gasteiger partial charge in [-0.3, -0.25) is 9.58 Å². The molecule has 0 aromatic carbocycles. The van der Waals surface area contributed by atoms with Crippen LogP contribution >= 0.6 is 11.8 Å². The van der Waals surface area contributed by atoms with Crippen molar-refractivity contribution < 1.29 is 0 Å². The van der Waals surface area contributed by atoms with Crippen LogP contribution in [0.25, 0.3) is 0 Å². The second kappa shape index (κ2) is 6.29. The van der Waals surface area contributed by atoms with E-state index in [1.54, 1.807) is 0 Å². The SMILES string of the molecule is Cn1cc(C2CSCCN2CC2CCCNC2)cn1. The van der Waals surface area contributed by atoms with Gasteiger partial charge in [-0.25, -0.2) is 0 Å². The van der Waals surface area contributed by atoms with Crippen LogP contribution in [0.3, 0.4) is 0 Å². The van der Waals surface area contributed by atoms with Gasteiger partial charge in [0.05, 0.1) is 6.20 Å². The molecule has 2 fully saturated rings. The maximum absolute atomic E-state index is 4.34. The Kier molecular flexibility index (Phi) is 4.45. The fourth-order valence-electron chi connectivity index (χ4n) is 3.19. The van der Waals surface area contributed by atoms with Gasteiger partial charge >= 0.3 is 0 Å². The maximum Gasteiger partial charge on any atom is 0.0537 e. The molecule has 5 heteroatoms. The number of hydrogen-bond acceptors (Lipinski definition) is 4. The van der Waals surface area contributed by atoms with Gasteiger partial charge in [0.25, 0.3) is 0 Å². The van der Waals surface area contributed by atoms with Gasteiger partial charge in [0, 0.05) is 49.4 Å². The molecule has 19 heavy (non-hydrogen) atoms. The van der Waals surface area contributed by atoms with Crippen LogP contribution < -0.4 is 5.32 Å². The van der Waals surface area contributed by atoms with Gasteiger partial charge in [-0.1, -0.05) is 0 Å². The highest BCUT2D eigenvalue weighted by molar-refractivity contribution is 7.99. The zero-order valence-electron chi connectivity index (χ0n) is 11.7. The number of rotatable bonds is 3. The van der Waals surface area contributed by atoms with E-state index in [0.29, 0.717) is 6.04 Å². The molecule has 0 bridgehead atoms. The molecular weight excluding hydrogens is 256 g/mol. The summed E-state index contributed by atoms with van der Waals surface area (Å²) in [6.45, 7) is 4.87. The molecule has 1 N–H and O–H groups in total. The van der Waals surface area contributed by atoms with Gasteiger partial charge in [-0.05, 0) is 31.8 Å². The summed E-state index contributed by atoms with van der Waals surface area (Å²) in [6.07, 6.45) is 6.95. The first-order valence-electron chi connectivity index (χ1n) is 7.34. The standard InChI is InChI=1S/C14H24N4S/c1-17-10-13(8-16-17)14-11-19-6-5-18(14)9-12-3-2-4-15-7-12/h8,10,12,14-15H,2-7,9,11H2,1H3. The summed E-state index contributed by atoms with van der Waals surface area (Å²) in [5, 5.41) is 7.88. The van der Waals surface area contributed by atoms with Crippen LogP contribution in [0.4, 0.5) is 0 Å². The number of nitrogens with zero attached hydrogens (tertiary/aromatic N) is 3.